The van der Waals surface area contributed by atoms with Crippen LogP contribution in [-0.2, 0) is 6.18 Å². The van der Waals surface area contributed by atoms with Gasteiger partial charge in [-0.2, -0.15) is 13.2 Å². The molecule has 0 saturated heterocycles. The van der Waals surface area contributed by atoms with Crippen LogP contribution in [0.5, 0.6) is 0 Å². The van der Waals surface area contributed by atoms with E-state index in [9.17, 15) is 18.0 Å². The third-order valence-corrected chi connectivity index (χ3v) is 4.52. The second-order valence-electron chi connectivity index (χ2n) is 4.76. The van der Waals surface area contributed by atoms with E-state index in [0.717, 1.165) is 12.1 Å². The van der Waals surface area contributed by atoms with E-state index < -0.39 is 28.7 Å². The summed E-state index contributed by atoms with van der Waals surface area (Å²) in [5.41, 5.74) is -2.07. The van der Waals surface area contributed by atoms with Crippen molar-refractivity contribution in [1.29, 1.82) is 0 Å². The zero-order chi connectivity index (χ0) is 16.3. The number of rotatable bonds is 5. The summed E-state index contributed by atoms with van der Waals surface area (Å²) in [6.45, 7) is 3.66. The molecular weight excluding hydrogens is 371 g/mol. The van der Waals surface area contributed by atoms with Gasteiger partial charge in [0.05, 0.1) is 16.7 Å². The minimum absolute atomic E-state index is 0.142. The first kappa shape index (κ1) is 18.3. The minimum atomic E-state index is -4.60. The van der Waals surface area contributed by atoms with Crippen molar-refractivity contribution >= 4 is 33.4 Å². The van der Waals surface area contributed by atoms with E-state index in [1.165, 1.54) is 6.07 Å². The zero-order valence-corrected chi connectivity index (χ0v) is 14.0. The van der Waals surface area contributed by atoms with Gasteiger partial charge in [-0.1, -0.05) is 29.8 Å². The minimum Gasteiger partial charge on any atom is -0.345 e. The van der Waals surface area contributed by atoms with Crippen molar-refractivity contribution in [3.05, 3.63) is 33.8 Å². The fourth-order valence-corrected chi connectivity index (χ4v) is 2.71. The molecule has 0 spiro atoms. The van der Waals surface area contributed by atoms with Crippen molar-refractivity contribution < 1.29 is 18.0 Å². The molecule has 2 nitrogen and oxygen atoms in total. The number of alkyl halides is 4. The first-order chi connectivity index (χ1) is 9.69. The highest BCUT2D eigenvalue weighted by atomic mass is 79.9. The largest absolute Gasteiger partial charge is 0.417 e. The van der Waals surface area contributed by atoms with Crippen LogP contribution in [0, 0.1) is 0 Å². The predicted molar refractivity (Wildman–Crippen MR) is 80.6 cm³/mol. The number of hydrogen-bond acceptors (Lipinski definition) is 1. The quantitative estimate of drug-likeness (QED) is 0.709. The molecule has 0 unspecified atom stereocenters. The SMILES string of the molecule is CCC(CC)(CCl)NC(=O)c1ccc(Br)cc1C(F)(F)F. The van der Waals surface area contributed by atoms with Gasteiger partial charge in [0.1, 0.15) is 0 Å². The van der Waals surface area contributed by atoms with E-state index in [-0.39, 0.29) is 10.4 Å². The first-order valence-electron chi connectivity index (χ1n) is 6.44. The standard InChI is InChI=1S/C14H16BrClF3NO/c1-3-13(4-2,8-16)20-12(21)10-6-5-9(15)7-11(10)14(17,18)19/h5-7H,3-4,8H2,1-2H3,(H,20,21). The number of carbonyl (C=O) groups excluding carboxylic acids is 1. The van der Waals surface area contributed by atoms with Gasteiger partial charge in [-0.15, -0.1) is 11.6 Å². The van der Waals surface area contributed by atoms with Gasteiger partial charge >= 0.3 is 6.18 Å². The lowest BCUT2D eigenvalue weighted by atomic mass is 9.94. The first-order valence-corrected chi connectivity index (χ1v) is 7.77. The van der Waals surface area contributed by atoms with Crippen LogP contribution >= 0.6 is 27.5 Å². The summed E-state index contributed by atoms with van der Waals surface area (Å²) in [6.07, 6.45) is -3.52. The normalized spacial score (nSPS) is 12.3. The lowest BCUT2D eigenvalue weighted by Gasteiger charge is -2.31. The Morgan fingerprint density at radius 1 is 1.29 bits per heavy atom. The molecule has 0 heterocycles. The molecule has 0 aliphatic heterocycles. The van der Waals surface area contributed by atoms with Crippen molar-refractivity contribution in [3.8, 4) is 0 Å². The maximum Gasteiger partial charge on any atom is 0.417 e. The Kier molecular flexibility index (Phi) is 6.11. The van der Waals surface area contributed by atoms with Gasteiger partial charge in [0.2, 0.25) is 0 Å². The predicted octanol–water partition coefficient (Wildman–Crippen LogP) is 5.00. The Morgan fingerprint density at radius 2 is 1.86 bits per heavy atom. The molecule has 1 N–H and O–H groups in total. The molecular formula is C14H16BrClF3NO. The van der Waals surface area contributed by atoms with E-state index >= 15 is 0 Å². The highest BCUT2D eigenvalue weighted by molar-refractivity contribution is 9.10. The van der Waals surface area contributed by atoms with Gasteiger partial charge in [0.15, 0.2) is 0 Å². The van der Waals surface area contributed by atoms with Gasteiger partial charge in [-0.3, -0.25) is 4.79 Å². The zero-order valence-electron chi connectivity index (χ0n) is 11.7. The van der Waals surface area contributed by atoms with Crippen LogP contribution in [0.3, 0.4) is 0 Å². The monoisotopic (exact) mass is 385 g/mol. The van der Waals surface area contributed by atoms with Crippen LogP contribution in [0.4, 0.5) is 13.2 Å². The summed E-state index contributed by atoms with van der Waals surface area (Å²) in [5, 5.41) is 2.64. The third-order valence-electron chi connectivity index (χ3n) is 3.52. The Balaban J connectivity index is 3.19. The van der Waals surface area contributed by atoms with Crippen LogP contribution in [0.15, 0.2) is 22.7 Å². The molecule has 0 aliphatic carbocycles. The summed E-state index contributed by atoms with van der Waals surface area (Å²) < 4.78 is 39.4. The second-order valence-corrected chi connectivity index (χ2v) is 5.95. The number of carbonyl (C=O) groups is 1. The van der Waals surface area contributed by atoms with E-state index in [0.29, 0.717) is 12.8 Å². The van der Waals surface area contributed by atoms with Gasteiger partial charge < -0.3 is 5.32 Å². The smallest absolute Gasteiger partial charge is 0.345 e. The molecule has 0 bridgehead atoms. The molecule has 1 aromatic carbocycles. The van der Waals surface area contributed by atoms with Crippen LogP contribution < -0.4 is 5.32 Å². The molecule has 118 valence electrons. The second kappa shape index (κ2) is 7.01. The van der Waals surface area contributed by atoms with Crippen LogP contribution in [0.2, 0.25) is 0 Å². The number of halogens is 5. The molecule has 0 radical (unpaired) electrons. The van der Waals surface area contributed by atoms with E-state index in [4.69, 9.17) is 11.6 Å². The van der Waals surface area contributed by atoms with Gasteiger partial charge in [-0.05, 0) is 31.0 Å². The topological polar surface area (TPSA) is 29.1 Å². The van der Waals surface area contributed by atoms with E-state index in [1.54, 1.807) is 0 Å². The molecule has 21 heavy (non-hydrogen) atoms. The van der Waals surface area contributed by atoms with Crippen LogP contribution in [0.1, 0.15) is 42.6 Å². The Hall–Kier alpha value is -0.750. The van der Waals surface area contributed by atoms with Crippen molar-refractivity contribution in [2.45, 2.75) is 38.4 Å². The van der Waals surface area contributed by atoms with Crippen LogP contribution in [-0.4, -0.2) is 17.3 Å². The average molecular weight is 387 g/mol. The lowest BCUT2D eigenvalue weighted by Crippen LogP contribution is -2.49. The molecule has 0 fully saturated rings. The highest BCUT2D eigenvalue weighted by Crippen LogP contribution is 2.34. The van der Waals surface area contributed by atoms with Crippen molar-refractivity contribution in [2.75, 3.05) is 5.88 Å². The van der Waals surface area contributed by atoms with Crippen molar-refractivity contribution in [2.24, 2.45) is 0 Å². The number of benzene rings is 1. The summed E-state index contributed by atoms with van der Waals surface area (Å²) in [7, 11) is 0. The molecule has 0 saturated carbocycles. The van der Waals surface area contributed by atoms with Gasteiger partial charge in [-0.25, -0.2) is 0 Å². The molecule has 1 aromatic rings. The summed E-state index contributed by atoms with van der Waals surface area (Å²) in [5.74, 6) is -0.622. The lowest BCUT2D eigenvalue weighted by molar-refractivity contribution is -0.138. The average Bonchev–Trinajstić information content (AvgIpc) is 2.43. The van der Waals surface area contributed by atoms with Crippen molar-refractivity contribution in [1.82, 2.24) is 5.32 Å². The fourth-order valence-electron chi connectivity index (χ4n) is 1.91. The summed E-state index contributed by atoms with van der Waals surface area (Å²) in [6, 6.07) is 3.46. The number of nitrogens with one attached hydrogen (secondary N) is 1. The number of amides is 1. The van der Waals surface area contributed by atoms with Crippen LogP contribution in [0.25, 0.3) is 0 Å². The maximum atomic E-state index is 13.0. The number of hydrogen-bond donors (Lipinski definition) is 1. The van der Waals surface area contributed by atoms with Gasteiger partial charge in [0.25, 0.3) is 5.91 Å². The van der Waals surface area contributed by atoms with E-state index in [1.807, 2.05) is 13.8 Å². The van der Waals surface area contributed by atoms with Gasteiger partial charge in [0, 0.05) is 10.4 Å². The fraction of sp³-hybridized carbons (Fsp3) is 0.500. The summed E-state index contributed by atoms with van der Waals surface area (Å²) >= 11 is 8.85. The van der Waals surface area contributed by atoms with E-state index in [2.05, 4.69) is 21.2 Å². The maximum absolute atomic E-state index is 13.0. The van der Waals surface area contributed by atoms with Crippen molar-refractivity contribution in [3.63, 3.8) is 0 Å². The Bertz CT molecular complexity index is 507. The third kappa shape index (κ3) is 4.36. The molecule has 7 heteroatoms. The Labute approximate surface area is 135 Å². The summed E-state index contributed by atoms with van der Waals surface area (Å²) in [4.78, 5) is 12.2. The molecule has 1 rings (SSSR count). The highest BCUT2D eigenvalue weighted by Gasteiger charge is 2.37. The molecule has 0 atom stereocenters. The molecule has 0 aliphatic rings. The molecule has 1 amide bonds. The molecule has 0 aromatic heterocycles. The Morgan fingerprint density at radius 3 is 2.29 bits per heavy atom.